The topological polar surface area (TPSA) is 50.3 Å². The number of anilines is 1. The van der Waals surface area contributed by atoms with Gasteiger partial charge in [0.1, 0.15) is 0 Å². The smallest absolute Gasteiger partial charge is 0.161 e. The number of hydrazine groups is 1. The van der Waals surface area contributed by atoms with Gasteiger partial charge >= 0.3 is 0 Å². The summed E-state index contributed by atoms with van der Waals surface area (Å²) in [5.41, 5.74) is 4.14. The van der Waals surface area contributed by atoms with Crippen molar-refractivity contribution in [3.05, 3.63) is 18.1 Å². The minimum Gasteiger partial charge on any atom is -0.379 e. The van der Waals surface area contributed by atoms with Crippen molar-refractivity contribution >= 4 is 5.82 Å². The van der Waals surface area contributed by atoms with Gasteiger partial charge in [0.25, 0.3) is 0 Å². The molecule has 0 unspecified atom stereocenters. The summed E-state index contributed by atoms with van der Waals surface area (Å²) in [6.07, 6.45) is 3.38. The Balaban J connectivity index is 1.99. The fourth-order valence-electron chi connectivity index (χ4n) is 1.34. The Morgan fingerprint density at radius 1 is 1.29 bits per heavy atom. The van der Waals surface area contributed by atoms with E-state index >= 15 is 0 Å². The van der Waals surface area contributed by atoms with Gasteiger partial charge in [-0.2, -0.15) is 0 Å². The van der Waals surface area contributed by atoms with Crippen LogP contribution in [-0.2, 0) is 4.74 Å². The molecule has 0 radical (unpaired) electrons. The Hall–Kier alpha value is -1.20. The molecule has 76 valence electrons. The minimum atomic E-state index is 0.770. The Morgan fingerprint density at radius 3 is 2.71 bits per heavy atom. The Labute approximate surface area is 83.1 Å². The van der Waals surface area contributed by atoms with Crippen LogP contribution in [0.1, 0.15) is 5.69 Å². The molecule has 1 N–H and O–H groups in total. The van der Waals surface area contributed by atoms with E-state index in [2.05, 4.69) is 20.4 Å². The summed E-state index contributed by atoms with van der Waals surface area (Å²) in [6, 6.07) is 0. The molecular formula is C9H14N4O. The molecule has 0 aliphatic carbocycles. The molecule has 0 atom stereocenters. The predicted octanol–water partition coefficient (Wildman–Crippen LogP) is 0.444. The molecule has 1 aliphatic heterocycles. The highest BCUT2D eigenvalue weighted by molar-refractivity contribution is 5.37. The molecule has 0 spiro atoms. The van der Waals surface area contributed by atoms with Crippen molar-refractivity contribution in [1.82, 2.24) is 15.0 Å². The first kappa shape index (κ1) is 9.36. The van der Waals surface area contributed by atoms with Crippen molar-refractivity contribution < 1.29 is 4.74 Å². The fraction of sp³-hybridized carbons (Fsp3) is 0.556. The zero-order valence-electron chi connectivity index (χ0n) is 8.23. The van der Waals surface area contributed by atoms with E-state index in [0.717, 1.165) is 37.8 Å². The molecule has 5 heteroatoms. The van der Waals surface area contributed by atoms with Crippen molar-refractivity contribution in [3.8, 4) is 0 Å². The normalized spacial score (nSPS) is 18.1. The Bertz CT molecular complexity index is 299. The van der Waals surface area contributed by atoms with E-state index in [0.29, 0.717) is 0 Å². The van der Waals surface area contributed by atoms with Gasteiger partial charge in [-0.15, -0.1) is 0 Å². The van der Waals surface area contributed by atoms with Gasteiger partial charge in [0.15, 0.2) is 5.82 Å². The number of hydrogen-bond acceptors (Lipinski definition) is 5. The molecular weight excluding hydrogens is 180 g/mol. The van der Waals surface area contributed by atoms with Crippen LogP contribution >= 0.6 is 0 Å². The summed E-state index contributed by atoms with van der Waals surface area (Å²) < 4.78 is 5.25. The SMILES string of the molecule is Cc1nccnc1NN1CCOCC1. The van der Waals surface area contributed by atoms with E-state index < -0.39 is 0 Å². The van der Waals surface area contributed by atoms with Gasteiger partial charge in [-0.25, -0.2) is 9.99 Å². The van der Waals surface area contributed by atoms with E-state index in [9.17, 15) is 0 Å². The van der Waals surface area contributed by atoms with Crippen LogP contribution in [0.15, 0.2) is 12.4 Å². The van der Waals surface area contributed by atoms with E-state index in [1.807, 2.05) is 6.92 Å². The van der Waals surface area contributed by atoms with Crippen molar-refractivity contribution in [2.75, 3.05) is 31.7 Å². The van der Waals surface area contributed by atoms with Gasteiger partial charge in [-0.05, 0) is 6.92 Å². The second kappa shape index (κ2) is 4.34. The lowest BCUT2D eigenvalue weighted by Crippen LogP contribution is -2.40. The summed E-state index contributed by atoms with van der Waals surface area (Å²) in [7, 11) is 0. The lowest BCUT2D eigenvalue weighted by Gasteiger charge is -2.27. The van der Waals surface area contributed by atoms with Gasteiger partial charge in [-0.1, -0.05) is 0 Å². The molecule has 0 aromatic carbocycles. The summed E-state index contributed by atoms with van der Waals surface area (Å²) >= 11 is 0. The van der Waals surface area contributed by atoms with Crippen LogP contribution in [-0.4, -0.2) is 41.3 Å². The van der Waals surface area contributed by atoms with Crippen LogP contribution in [0, 0.1) is 6.92 Å². The quantitative estimate of drug-likeness (QED) is 0.740. The fourth-order valence-corrected chi connectivity index (χ4v) is 1.34. The largest absolute Gasteiger partial charge is 0.379 e. The average Bonchev–Trinajstić information content (AvgIpc) is 2.23. The molecule has 1 aromatic heterocycles. The summed E-state index contributed by atoms with van der Waals surface area (Å²) in [4.78, 5) is 8.38. The monoisotopic (exact) mass is 194 g/mol. The molecule has 0 bridgehead atoms. The number of nitrogens with one attached hydrogen (secondary N) is 1. The van der Waals surface area contributed by atoms with Crippen LogP contribution in [0.5, 0.6) is 0 Å². The molecule has 1 fully saturated rings. The summed E-state index contributed by atoms with van der Waals surface area (Å²) in [6.45, 7) is 5.25. The first-order chi connectivity index (χ1) is 6.86. The number of ether oxygens (including phenoxy) is 1. The number of morpholine rings is 1. The van der Waals surface area contributed by atoms with Crippen LogP contribution < -0.4 is 5.43 Å². The molecule has 2 rings (SSSR count). The van der Waals surface area contributed by atoms with Crippen LogP contribution in [0.2, 0.25) is 0 Å². The van der Waals surface area contributed by atoms with E-state index in [-0.39, 0.29) is 0 Å². The third-order valence-electron chi connectivity index (χ3n) is 2.16. The summed E-state index contributed by atoms with van der Waals surface area (Å²) in [5.74, 6) is 0.828. The lowest BCUT2D eigenvalue weighted by molar-refractivity contribution is 0.0494. The predicted molar refractivity (Wildman–Crippen MR) is 52.8 cm³/mol. The van der Waals surface area contributed by atoms with Gasteiger partial charge in [0, 0.05) is 25.5 Å². The molecule has 1 aromatic rings. The first-order valence-electron chi connectivity index (χ1n) is 4.73. The highest BCUT2D eigenvalue weighted by Crippen LogP contribution is 2.08. The second-order valence-corrected chi connectivity index (χ2v) is 3.20. The van der Waals surface area contributed by atoms with Crippen molar-refractivity contribution in [2.24, 2.45) is 0 Å². The molecule has 0 amide bonds. The zero-order chi connectivity index (χ0) is 9.80. The first-order valence-corrected chi connectivity index (χ1v) is 4.73. The van der Waals surface area contributed by atoms with Gasteiger partial charge in [-0.3, -0.25) is 4.98 Å². The number of aromatic nitrogens is 2. The molecule has 2 heterocycles. The highest BCUT2D eigenvalue weighted by Gasteiger charge is 2.11. The number of nitrogens with zero attached hydrogens (tertiary/aromatic N) is 3. The van der Waals surface area contributed by atoms with E-state index in [1.165, 1.54) is 0 Å². The maximum absolute atomic E-state index is 5.25. The maximum Gasteiger partial charge on any atom is 0.161 e. The van der Waals surface area contributed by atoms with Crippen molar-refractivity contribution in [1.29, 1.82) is 0 Å². The van der Waals surface area contributed by atoms with E-state index in [4.69, 9.17) is 4.74 Å². The number of hydrogen-bond donors (Lipinski definition) is 1. The van der Waals surface area contributed by atoms with Gasteiger partial charge in [0.05, 0.1) is 18.9 Å². The average molecular weight is 194 g/mol. The third-order valence-corrected chi connectivity index (χ3v) is 2.16. The minimum absolute atomic E-state index is 0.770. The second-order valence-electron chi connectivity index (χ2n) is 3.20. The maximum atomic E-state index is 5.25. The number of aryl methyl sites for hydroxylation is 1. The molecule has 5 nitrogen and oxygen atoms in total. The van der Waals surface area contributed by atoms with Crippen molar-refractivity contribution in [3.63, 3.8) is 0 Å². The van der Waals surface area contributed by atoms with Gasteiger partial charge in [0.2, 0.25) is 0 Å². The highest BCUT2D eigenvalue weighted by atomic mass is 16.5. The molecule has 14 heavy (non-hydrogen) atoms. The Morgan fingerprint density at radius 2 is 2.00 bits per heavy atom. The lowest BCUT2D eigenvalue weighted by atomic mass is 10.4. The van der Waals surface area contributed by atoms with Crippen LogP contribution in [0.4, 0.5) is 5.82 Å². The van der Waals surface area contributed by atoms with E-state index in [1.54, 1.807) is 12.4 Å². The van der Waals surface area contributed by atoms with Crippen molar-refractivity contribution in [2.45, 2.75) is 6.92 Å². The standard InChI is InChI=1S/C9H14N4O/c1-8-9(11-3-2-10-8)12-13-4-6-14-7-5-13/h2-3H,4-7H2,1H3,(H,11,12). The molecule has 0 saturated carbocycles. The summed E-state index contributed by atoms with van der Waals surface area (Å²) in [5, 5.41) is 2.10. The zero-order valence-corrected chi connectivity index (χ0v) is 8.23. The van der Waals surface area contributed by atoms with Gasteiger partial charge < -0.3 is 10.2 Å². The van der Waals surface area contributed by atoms with Crippen LogP contribution in [0.3, 0.4) is 0 Å². The third kappa shape index (κ3) is 2.18. The number of rotatable bonds is 2. The Kier molecular flexibility index (Phi) is 2.90. The molecule has 1 saturated heterocycles. The van der Waals surface area contributed by atoms with Crippen LogP contribution in [0.25, 0.3) is 0 Å². The molecule has 1 aliphatic rings.